The number of nitrogens with zero attached hydrogens (tertiary/aromatic N) is 1. The van der Waals surface area contributed by atoms with Gasteiger partial charge >= 0.3 is 0 Å². The van der Waals surface area contributed by atoms with Gasteiger partial charge in [0.05, 0.1) is 23.4 Å². The minimum atomic E-state index is 0.343. The van der Waals surface area contributed by atoms with Crippen molar-refractivity contribution in [3.8, 4) is 0 Å². The highest BCUT2D eigenvalue weighted by Crippen LogP contribution is 2.11. The van der Waals surface area contributed by atoms with E-state index in [1.807, 2.05) is 6.92 Å². The lowest BCUT2D eigenvalue weighted by Crippen LogP contribution is -2.19. The van der Waals surface area contributed by atoms with Crippen LogP contribution < -0.4 is 5.32 Å². The van der Waals surface area contributed by atoms with Gasteiger partial charge in [0, 0.05) is 25.1 Å². The second-order valence-corrected chi connectivity index (χ2v) is 5.66. The lowest BCUT2D eigenvalue weighted by atomic mass is 10.2. The Labute approximate surface area is 113 Å². The first kappa shape index (κ1) is 13.9. The molecule has 0 radical (unpaired) electrons. The molecule has 5 heteroatoms. The summed E-state index contributed by atoms with van der Waals surface area (Å²) in [7, 11) is 0. The summed E-state index contributed by atoms with van der Waals surface area (Å²) in [6, 6.07) is 0. The Balaban J connectivity index is 1.41. The Bertz CT molecular complexity index is 337. The number of aryl methyl sites for hydroxylation is 1. The Morgan fingerprint density at radius 3 is 3.28 bits per heavy atom. The summed E-state index contributed by atoms with van der Waals surface area (Å²) in [5, 5.41) is 6.61. The first-order chi connectivity index (χ1) is 8.84. The summed E-state index contributed by atoms with van der Waals surface area (Å²) in [6.45, 7) is 6.34. The van der Waals surface area contributed by atoms with Crippen LogP contribution in [0.5, 0.6) is 0 Å². The van der Waals surface area contributed by atoms with E-state index >= 15 is 0 Å². The Morgan fingerprint density at radius 1 is 1.61 bits per heavy atom. The largest absolute Gasteiger partial charge is 0.379 e. The van der Waals surface area contributed by atoms with Crippen LogP contribution in [0.25, 0.3) is 0 Å². The zero-order chi connectivity index (χ0) is 12.6. The average molecular weight is 270 g/mol. The molecular formula is C13H22N2O2S. The molecule has 1 aromatic heterocycles. The van der Waals surface area contributed by atoms with Crippen LogP contribution in [0.3, 0.4) is 0 Å². The Kier molecular flexibility index (Phi) is 6.07. The maximum absolute atomic E-state index is 5.60. The van der Waals surface area contributed by atoms with Crippen molar-refractivity contribution in [1.82, 2.24) is 10.3 Å². The van der Waals surface area contributed by atoms with E-state index in [-0.39, 0.29) is 0 Å². The monoisotopic (exact) mass is 270 g/mol. The van der Waals surface area contributed by atoms with Crippen LogP contribution in [0.2, 0.25) is 0 Å². The number of hydrogen-bond acceptors (Lipinski definition) is 5. The number of nitrogens with one attached hydrogen (secondary N) is 1. The normalized spacial score (nSPS) is 19.5. The van der Waals surface area contributed by atoms with Crippen molar-refractivity contribution in [2.75, 3.05) is 26.4 Å². The van der Waals surface area contributed by atoms with Gasteiger partial charge in [0.25, 0.3) is 0 Å². The molecule has 2 rings (SSSR count). The van der Waals surface area contributed by atoms with Gasteiger partial charge in [0.1, 0.15) is 0 Å². The summed E-state index contributed by atoms with van der Waals surface area (Å²) in [5.41, 5.74) is 1.14. The number of thiazole rings is 1. The molecule has 1 aliphatic rings. The minimum Gasteiger partial charge on any atom is -0.379 e. The van der Waals surface area contributed by atoms with Gasteiger partial charge in [-0.25, -0.2) is 4.98 Å². The third-order valence-corrected chi connectivity index (χ3v) is 3.76. The van der Waals surface area contributed by atoms with Gasteiger partial charge in [0.2, 0.25) is 0 Å². The van der Waals surface area contributed by atoms with E-state index in [2.05, 4.69) is 15.7 Å². The lowest BCUT2D eigenvalue weighted by molar-refractivity contribution is 0.0166. The quantitative estimate of drug-likeness (QED) is 0.735. The molecule has 0 saturated carbocycles. The fraction of sp³-hybridized carbons (Fsp3) is 0.769. The van der Waals surface area contributed by atoms with Gasteiger partial charge in [-0.2, -0.15) is 0 Å². The number of ether oxygens (including phenoxy) is 2. The van der Waals surface area contributed by atoms with E-state index in [1.54, 1.807) is 11.3 Å². The number of rotatable bonds is 8. The molecule has 1 aliphatic heterocycles. The number of hydrogen-bond donors (Lipinski definition) is 1. The highest BCUT2D eigenvalue weighted by atomic mass is 32.1. The molecule has 0 aromatic carbocycles. The maximum atomic E-state index is 5.60. The molecular weight excluding hydrogens is 248 g/mol. The van der Waals surface area contributed by atoms with Crippen molar-refractivity contribution in [3.05, 3.63) is 16.1 Å². The summed E-state index contributed by atoms with van der Waals surface area (Å²) in [4.78, 5) is 4.41. The summed E-state index contributed by atoms with van der Waals surface area (Å²) in [5.74, 6) is 0. The van der Waals surface area contributed by atoms with E-state index in [1.165, 1.54) is 6.42 Å². The topological polar surface area (TPSA) is 43.4 Å². The van der Waals surface area contributed by atoms with E-state index in [0.717, 1.165) is 56.5 Å². The van der Waals surface area contributed by atoms with Crippen molar-refractivity contribution in [3.63, 3.8) is 0 Å². The van der Waals surface area contributed by atoms with Crippen LogP contribution >= 0.6 is 11.3 Å². The highest BCUT2D eigenvalue weighted by Gasteiger charge is 2.14. The van der Waals surface area contributed by atoms with Crippen molar-refractivity contribution in [2.24, 2.45) is 0 Å². The molecule has 1 aromatic rings. The van der Waals surface area contributed by atoms with Crippen molar-refractivity contribution >= 4 is 11.3 Å². The summed E-state index contributed by atoms with van der Waals surface area (Å²) in [6.07, 6.45) is 3.72. The molecule has 1 saturated heterocycles. The molecule has 4 nitrogen and oxygen atoms in total. The molecule has 1 atom stereocenters. The van der Waals surface area contributed by atoms with Gasteiger partial charge in [-0.15, -0.1) is 11.3 Å². The zero-order valence-corrected chi connectivity index (χ0v) is 11.8. The smallest absolute Gasteiger partial charge is 0.0897 e. The molecule has 18 heavy (non-hydrogen) atoms. The first-order valence-corrected chi connectivity index (χ1v) is 7.53. The maximum Gasteiger partial charge on any atom is 0.0897 e. The van der Waals surface area contributed by atoms with E-state index in [4.69, 9.17) is 9.47 Å². The Morgan fingerprint density at radius 2 is 2.56 bits per heavy atom. The van der Waals surface area contributed by atoms with Crippen LogP contribution in [-0.4, -0.2) is 37.5 Å². The van der Waals surface area contributed by atoms with Crippen molar-refractivity contribution < 1.29 is 9.47 Å². The molecule has 0 amide bonds. The highest BCUT2D eigenvalue weighted by molar-refractivity contribution is 7.09. The molecule has 1 N–H and O–H groups in total. The van der Waals surface area contributed by atoms with Crippen LogP contribution in [0.1, 0.15) is 30.0 Å². The van der Waals surface area contributed by atoms with Gasteiger partial charge in [-0.1, -0.05) is 0 Å². The van der Waals surface area contributed by atoms with Gasteiger partial charge < -0.3 is 14.8 Å². The second-order valence-electron chi connectivity index (χ2n) is 4.60. The zero-order valence-electron chi connectivity index (χ0n) is 11.0. The van der Waals surface area contributed by atoms with Crippen LogP contribution in [-0.2, 0) is 16.0 Å². The Hall–Kier alpha value is -0.490. The predicted octanol–water partition coefficient (Wildman–Crippen LogP) is 2.13. The van der Waals surface area contributed by atoms with Crippen LogP contribution in [0.4, 0.5) is 0 Å². The van der Waals surface area contributed by atoms with Gasteiger partial charge in [0.15, 0.2) is 0 Å². The van der Waals surface area contributed by atoms with Crippen molar-refractivity contribution in [2.45, 2.75) is 38.8 Å². The van der Waals surface area contributed by atoms with E-state index < -0.39 is 0 Å². The summed E-state index contributed by atoms with van der Waals surface area (Å²) < 4.78 is 11.1. The van der Waals surface area contributed by atoms with E-state index in [9.17, 15) is 0 Å². The minimum absolute atomic E-state index is 0.343. The molecule has 1 fully saturated rings. The fourth-order valence-corrected chi connectivity index (χ4v) is 2.61. The standard InChI is InChI=1S/C13H22N2O2S/c1-11-15-12(10-18-11)8-14-5-3-6-16-9-13-4-2-7-17-13/h10,13-14H,2-9H2,1H3. The average Bonchev–Trinajstić information content (AvgIpc) is 3.00. The summed E-state index contributed by atoms with van der Waals surface area (Å²) >= 11 is 1.70. The first-order valence-electron chi connectivity index (χ1n) is 6.65. The van der Waals surface area contributed by atoms with E-state index in [0.29, 0.717) is 6.10 Å². The third kappa shape index (κ3) is 5.02. The molecule has 102 valence electrons. The molecule has 0 spiro atoms. The molecule has 0 bridgehead atoms. The van der Waals surface area contributed by atoms with Crippen LogP contribution in [0, 0.1) is 6.92 Å². The molecule has 1 unspecified atom stereocenters. The van der Waals surface area contributed by atoms with Crippen LogP contribution in [0.15, 0.2) is 5.38 Å². The second kappa shape index (κ2) is 7.84. The SMILES string of the molecule is Cc1nc(CNCCCOCC2CCCO2)cs1. The van der Waals surface area contributed by atoms with Gasteiger partial charge in [-0.05, 0) is 32.7 Å². The molecule has 2 heterocycles. The van der Waals surface area contributed by atoms with Crippen molar-refractivity contribution in [1.29, 1.82) is 0 Å². The molecule has 0 aliphatic carbocycles. The van der Waals surface area contributed by atoms with Gasteiger partial charge in [-0.3, -0.25) is 0 Å². The fourth-order valence-electron chi connectivity index (χ4n) is 2.00. The predicted molar refractivity (Wildman–Crippen MR) is 73.0 cm³/mol. The lowest BCUT2D eigenvalue weighted by Gasteiger charge is -2.10. The third-order valence-electron chi connectivity index (χ3n) is 2.94. The number of aromatic nitrogens is 1.